The summed E-state index contributed by atoms with van der Waals surface area (Å²) in [5.74, 6) is 0.303. The normalized spacial score (nSPS) is 22.2. The molecule has 0 aromatic heterocycles. The molecular weight excluding hydrogens is 466 g/mol. The molecule has 1 saturated carbocycles. The summed E-state index contributed by atoms with van der Waals surface area (Å²) in [6.07, 6.45) is 5.72. The molecule has 184 valence electrons. The Morgan fingerprint density at radius 2 is 1.94 bits per heavy atom. The molecular formula is C27H30ClN3O4. The van der Waals surface area contributed by atoms with E-state index in [9.17, 15) is 9.59 Å². The minimum absolute atomic E-state index is 0.00544. The monoisotopic (exact) mass is 495 g/mol. The number of carbonyl (C=O) groups is 2. The summed E-state index contributed by atoms with van der Waals surface area (Å²) in [5, 5.41) is 11.7. The lowest BCUT2D eigenvalue weighted by Crippen LogP contribution is -2.45. The highest BCUT2D eigenvalue weighted by Crippen LogP contribution is 2.27. The Bertz CT molecular complexity index is 1090. The first kappa shape index (κ1) is 24.8. The van der Waals surface area contributed by atoms with E-state index < -0.39 is 0 Å². The summed E-state index contributed by atoms with van der Waals surface area (Å²) in [5.41, 5.74) is 2.01. The molecule has 2 N–H and O–H groups in total. The van der Waals surface area contributed by atoms with Crippen molar-refractivity contribution in [2.24, 2.45) is 0 Å². The fraction of sp³-hybridized carbons (Fsp3) is 0.370. The lowest BCUT2D eigenvalue weighted by atomic mass is 9.90. The van der Waals surface area contributed by atoms with Gasteiger partial charge in [-0.15, -0.1) is 0 Å². The fourth-order valence-corrected chi connectivity index (χ4v) is 4.60. The number of hydrogen-bond acceptors (Lipinski definition) is 5. The second-order valence-electron chi connectivity index (χ2n) is 9.06. The zero-order valence-corrected chi connectivity index (χ0v) is 20.5. The van der Waals surface area contributed by atoms with Crippen molar-refractivity contribution in [3.63, 3.8) is 0 Å². The Labute approximate surface area is 210 Å². The van der Waals surface area contributed by atoms with E-state index in [4.69, 9.17) is 26.5 Å². The molecule has 7 nitrogen and oxygen atoms in total. The van der Waals surface area contributed by atoms with E-state index in [0.29, 0.717) is 17.3 Å². The lowest BCUT2D eigenvalue weighted by molar-refractivity contribution is -0.115. The lowest BCUT2D eigenvalue weighted by Gasteiger charge is -2.33. The van der Waals surface area contributed by atoms with E-state index in [1.54, 1.807) is 35.2 Å². The van der Waals surface area contributed by atoms with Gasteiger partial charge in [0, 0.05) is 17.1 Å². The van der Waals surface area contributed by atoms with Gasteiger partial charge in [0.25, 0.3) is 5.91 Å². The van der Waals surface area contributed by atoms with E-state index in [2.05, 4.69) is 5.32 Å². The topological polar surface area (TPSA) is 91.7 Å². The zero-order chi connectivity index (χ0) is 24.8. The highest BCUT2D eigenvalue weighted by atomic mass is 35.5. The highest BCUT2D eigenvalue weighted by molar-refractivity contribution is 6.42. The summed E-state index contributed by atoms with van der Waals surface area (Å²) < 4.78 is 11.2. The number of nitrogens with zero attached hydrogens (tertiary/aromatic N) is 1. The first-order chi connectivity index (χ1) is 16.9. The zero-order valence-electron chi connectivity index (χ0n) is 19.7. The van der Waals surface area contributed by atoms with E-state index in [1.807, 2.05) is 31.2 Å². The van der Waals surface area contributed by atoms with Gasteiger partial charge < -0.3 is 19.7 Å². The number of ether oxygens (including phenoxy) is 2. The third kappa shape index (κ3) is 6.85. The van der Waals surface area contributed by atoms with E-state index >= 15 is 0 Å². The Morgan fingerprint density at radius 3 is 2.66 bits per heavy atom. The van der Waals surface area contributed by atoms with Gasteiger partial charge in [-0.05, 0) is 68.5 Å². The Hall–Kier alpha value is -3.32. The second kappa shape index (κ2) is 11.4. The molecule has 0 radical (unpaired) electrons. The van der Waals surface area contributed by atoms with Crippen molar-refractivity contribution >= 4 is 35.4 Å². The van der Waals surface area contributed by atoms with Crippen LogP contribution in [0.25, 0.3) is 6.08 Å². The standard InChI is InChI=1S/C27H30ClN3O4/c1-18-3-2-4-19(15-18)5-14-25(29)26(32)30-21-8-10-22(11-9-21)31-16-24(35-27(31)33)17-34-23-12-6-20(28)7-13-23/h2-7,12-15,21-22,24,29H,8-11,16-17H2,1H3,(H,30,32)/b14-5-,29-25?. The molecule has 2 aliphatic rings. The molecule has 4 rings (SSSR count). The fourth-order valence-electron chi connectivity index (χ4n) is 4.47. The smallest absolute Gasteiger partial charge is 0.410 e. The Morgan fingerprint density at radius 1 is 1.20 bits per heavy atom. The third-order valence-electron chi connectivity index (χ3n) is 6.35. The van der Waals surface area contributed by atoms with Gasteiger partial charge in [-0.25, -0.2) is 4.79 Å². The number of rotatable bonds is 8. The number of benzene rings is 2. The summed E-state index contributed by atoms with van der Waals surface area (Å²) in [6.45, 7) is 2.78. The van der Waals surface area contributed by atoms with Crippen molar-refractivity contribution in [1.82, 2.24) is 10.2 Å². The number of cyclic esters (lactones) is 1. The van der Waals surface area contributed by atoms with Crippen LogP contribution in [0, 0.1) is 12.3 Å². The van der Waals surface area contributed by atoms with Crippen molar-refractivity contribution in [3.8, 4) is 5.75 Å². The van der Waals surface area contributed by atoms with E-state index in [1.165, 1.54) is 6.08 Å². The number of carbonyl (C=O) groups excluding carboxylic acids is 2. The van der Waals surface area contributed by atoms with Gasteiger partial charge >= 0.3 is 6.09 Å². The maximum Gasteiger partial charge on any atom is 0.410 e. The second-order valence-corrected chi connectivity index (χ2v) is 9.50. The van der Waals surface area contributed by atoms with Crippen LogP contribution in [0.1, 0.15) is 36.8 Å². The average molecular weight is 496 g/mol. The van der Waals surface area contributed by atoms with Crippen LogP contribution in [0.15, 0.2) is 54.6 Å². The van der Waals surface area contributed by atoms with Crippen molar-refractivity contribution < 1.29 is 19.1 Å². The molecule has 2 amide bonds. The Kier molecular flexibility index (Phi) is 8.08. The molecule has 2 aromatic carbocycles. The van der Waals surface area contributed by atoms with Crippen LogP contribution in [0.3, 0.4) is 0 Å². The van der Waals surface area contributed by atoms with Gasteiger partial charge in [0.1, 0.15) is 18.1 Å². The molecule has 1 atom stereocenters. The average Bonchev–Trinajstić information content (AvgIpc) is 3.23. The van der Waals surface area contributed by atoms with Crippen molar-refractivity contribution in [2.75, 3.05) is 13.2 Å². The van der Waals surface area contributed by atoms with Crippen LogP contribution in [-0.4, -0.2) is 54.0 Å². The minimum Gasteiger partial charge on any atom is -0.490 e. The van der Waals surface area contributed by atoms with Gasteiger partial charge in [-0.1, -0.05) is 47.5 Å². The van der Waals surface area contributed by atoms with Crippen molar-refractivity contribution in [2.45, 2.75) is 50.8 Å². The predicted octanol–water partition coefficient (Wildman–Crippen LogP) is 5.01. The molecule has 1 aliphatic carbocycles. The Balaban J connectivity index is 1.20. The number of hydrogen-bond donors (Lipinski definition) is 2. The summed E-state index contributed by atoms with van der Waals surface area (Å²) in [4.78, 5) is 26.6. The van der Waals surface area contributed by atoms with Crippen LogP contribution in [-0.2, 0) is 9.53 Å². The highest BCUT2D eigenvalue weighted by Gasteiger charge is 2.38. The molecule has 2 aromatic rings. The number of aryl methyl sites for hydroxylation is 1. The largest absolute Gasteiger partial charge is 0.490 e. The number of amides is 2. The van der Waals surface area contributed by atoms with E-state index in [0.717, 1.165) is 36.8 Å². The molecule has 0 spiro atoms. The molecule has 8 heteroatoms. The van der Waals surface area contributed by atoms with Crippen LogP contribution in [0.2, 0.25) is 5.02 Å². The van der Waals surface area contributed by atoms with E-state index in [-0.39, 0.29) is 42.5 Å². The first-order valence-electron chi connectivity index (χ1n) is 11.9. The van der Waals surface area contributed by atoms with Gasteiger partial charge in [0.2, 0.25) is 0 Å². The van der Waals surface area contributed by atoms with Gasteiger partial charge in [-0.2, -0.15) is 0 Å². The van der Waals surface area contributed by atoms with Crippen LogP contribution >= 0.6 is 11.6 Å². The maximum atomic E-state index is 12.4. The van der Waals surface area contributed by atoms with Gasteiger partial charge in [0.05, 0.1) is 6.54 Å². The molecule has 1 unspecified atom stereocenters. The van der Waals surface area contributed by atoms with Crippen molar-refractivity contribution in [1.29, 1.82) is 5.41 Å². The van der Waals surface area contributed by atoms with Crippen LogP contribution in [0.4, 0.5) is 4.79 Å². The van der Waals surface area contributed by atoms with Crippen LogP contribution in [0.5, 0.6) is 5.75 Å². The molecule has 1 aliphatic heterocycles. The summed E-state index contributed by atoms with van der Waals surface area (Å²) >= 11 is 5.89. The molecule has 1 heterocycles. The summed E-state index contributed by atoms with van der Waals surface area (Å²) in [6, 6.07) is 15.0. The van der Waals surface area contributed by atoms with Crippen LogP contribution < -0.4 is 10.1 Å². The quantitative estimate of drug-likeness (QED) is 0.503. The molecule has 35 heavy (non-hydrogen) atoms. The maximum absolute atomic E-state index is 12.4. The SMILES string of the molecule is Cc1cccc(/C=C\C(=N)C(=O)NC2CCC(N3CC(COc4ccc(Cl)cc4)OC3=O)CC2)c1. The minimum atomic E-state index is -0.377. The van der Waals surface area contributed by atoms with Crippen molar-refractivity contribution in [3.05, 3.63) is 70.8 Å². The first-order valence-corrected chi connectivity index (χ1v) is 12.2. The van der Waals surface area contributed by atoms with Gasteiger partial charge in [-0.3, -0.25) is 10.2 Å². The third-order valence-corrected chi connectivity index (χ3v) is 6.61. The molecule has 1 saturated heterocycles. The predicted molar refractivity (Wildman–Crippen MR) is 136 cm³/mol. The molecule has 2 fully saturated rings. The number of halogens is 1. The summed E-state index contributed by atoms with van der Waals surface area (Å²) in [7, 11) is 0. The van der Waals surface area contributed by atoms with Gasteiger partial charge in [0.15, 0.2) is 6.10 Å². The number of nitrogens with one attached hydrogen (secondary N) is 2. The molecule has 0 bridgehead atoms.